The molecule has 0 spiro atoms. The molecule has 146 valence electrons. The SMILES string of the molecule is Cc1cc(C(NC(=O)CCCc2nc(C(C)(C)C)no2)C(=O)O)ccc1F. The molecule has 2 aromatic rings. The minimum absolute atomic E-state index is 0.108. The highest BCUT2D eigenvalue weighted by molar-refractivity contribution is 5.84. The highest BCUT2D eigenvalue weighted by Crippen LogP contribution is 2.20. The molecule has 1 amide bonds. The summed E-state index contributed by atoms with van der Waals surface area (Å²) in [5.74, 6) is -1.01. The third-order valence-corrected chi connectivity index (χ3v) is 4.00. The minimum atomic E-state index is -1.23. The van der Waals surface area contributed by atoms with Crippen molar-refractivity contribution in [2.45, 2.75) is 58.4 Å². The Labute approximate surface area is 157 Å². The van der Waals surface area contributed by atoms with Crippen LogP contribution in [0.4, 0.5) is 4.39 Å². The van der Waals surface area contributed by atoms with Gasteiger partial charge >= 0.3 is 5.97 Å². The largest absolute Gasteiger partial charge is 0.479 e. The fourth-order valence-corrected chi connectivity index (χ4v) is 2.43. The zero-order chi connectivity index (χ0) is 20.2. The number of halogens is 1. The van der Waals surface area contributed by atoms with E-state index >= 15 is 0 Å². The number of aromatic nitrogens is 2. The number of carboxylic acid groups (broad SMARTS) is 1. The Morgan fingerprint density at radius 3 is 2.59 bits per heavy atom. The van der Waals surface area contributed by atoms with Gasteiger partial charge in [0.1, 0.15) is 5.82 Å². The molecule has 0 saturated carbocycles. The number of rotatable bonds is 7. The second-order valence-electron chi connectivity index (χ2n) is 7.46. The molecule has 27 heavy (non-hydrogen) atoms. The monoisotopic (exact) mass is 377 g/mol. The van der Waals surface area contributed by atoms with Gasteiger partial charge < -0.3 is 14.9 Å². The molecular weight excluding hydrogens is 353 g/mol. The van der Waals surface area contributed by atoms with Gasteiger partial charge in [0.2, 0.25) is 11.8 Å². The number of nitrogens with one attached hydrogen (secondary N) is 1. The summed E-state index contributed by atoms with van der Waals surface area (Å²) in [5.41, 5.74) is 0.418. The Kier molecular flexibility index (Phi) is 6.30. The molecule has 0 radical (unpaired) electrons. The standard InChI is InChI=1S/C19H24FN3O4/c1-11-10-12(8-9-13(11)20)16(17(25)26)21-14(24)6-5-7-15-22-18(23-27-15)19(2,3)4/h8-10,16H,5-7H2,1-4H3,(H,21,24)(H,25,26). The van der Waals surface area contributed by atoms with Gasteiger partial charge in [-0.1, -0.05) is 38.1 Å². The molecule has 0 aliphatic carbocycles. The van der Waals surface area contributed by atoms with Crippen LogP contribution < -0.4 is 5.32 Å². The number of nitrogens with zero attached hydrogens (tertiary/aromatic N) is 2. The molecule has 1 aromatic heterocycles. The Hall–Kier alpha value is -2.77. The lowest BCUT2D eigenvalue weighted by molar-refractivity contribution is -0.142. The Bertz CT molecular complexity index is 827. The van der Waals surface area contributed by atoms with Crippen LogP contribution in [0.2, 0.25) is 0 Å². The molecule has 1 aromatic carbocycles. The number of amides is 1. The highest BCUT2D eigenvalue weighted by Gasteiger charge is 2.23. The summed E-state index contributed by atoms with van der Waals surface area (Å²) < 4.78 is 18.5. The van der Waals surface area contributed by atoms with Gasteiger partial charge in [0, 0.05) is 18.3 Å². The third kappa shape index (κ3) is 5.60. The van der Waals surface area contributed by atoms with E-state index in [0.29, 0.717) is 35.7 Å². The van der Waals surface area contributed by atoms with Crippen LogP contribution in [0, 0.1) is 12.7 Å². The van der Waals surface area contributed by atoms with E-state index in [9.17, 15) is 19.1 Å². The van der Waals surface area contributed by atoms with Gasteiger partial charge in [-0.05, 0) is 30.5 Å². The number of aliphatic carboxylic acids is 1. The average Bonchev–Trinajstić information content (AvgIpc) is 3.04. The van der Waals surface area contributed by atoms with Crippen LogP contribution >= 0.6 is 0 Å². The smallest absolute Gasteiger partial charge is 0.330 e. The molecule has 0 fully saturated rings. The Morgan fingerprint density at radius 1 is 1.33 bits per heavy atom. The van der Waals surface area contributed by atoms with E-state index in [2.05, 4.69) is 15.5 Å². The third-order valence-electron chi connectivity index (χ3n) is 4.00. The van der Waals surface area contributed by atoms with Gasteiger partial charge in [-0.3, -0.25) is 4.79 Å². The molecule has 1 atom stereocenters. The van der Waals surface area contributed by atoms with Crippen molar-refractivity contribution in [2.75, 3.05) is 0 Å². The molecule has 1 unspecified atom stereocenters. The normalized spacial score (nSPS) is 12.6. The summed E-state index contributed by atoms with van der Waals surface area (Å²) in [6.07, 6.45) is 0.966. The molecular formula is C19H24FN3O4. The van der Waals surface area contributed by atoms with Gasteiger partial charge in [-0.15, -0.1) is 0 Å². The van der Waals surface area contributed by atoms with Gasteiger partial charge in [0.15, 0.2) is 11.9 Å². The predicted molar refractivity (Wildman–Crippen MR) is 95.6 cm³/mol. The second-order valence-corrected chi connectivity index (χ2v) is 7.46. The molecule has 0 aliphatic heterocycles. The van der Waals surface area contributed by atoms with Crippen LogP contribution in [0.1, 0.15) is 62.5 Å². The first-order valence-corrected chi connectivity index (χ1v) is 8.69. The molecule has 2 rings (SSSR count). The van der Waals surface area contributed by atoms with Crippen molar-refractivity contribution >= 4 is 11.9 Å². The van der Waals surface area contributed by atoms with Gasteiger partial charge in [-0.25, -0.2) is 9.18 Å². The molecule has 1 heterocycles. The number of carboxylic acids is 1. The minimum Gasteiger partial charge on any atom is -0.479 e. The van der Waals surface area contributed by atoms with Gasteiger partial charge in [0.05, 0.1) is 0 Å². The van der Waals surface area contributed by atoms with E-state index in [4.69, 9.17) is 4.52 Å². The van der Waals surface area contributed by atoms with E-state index in [0.717, 1.165) is 0 Å². The lowest BCUT2D eigenvalue weighted by atomic mass is 9.96. The van der Waals surface area contributed by atoms with E-state index in [1.807, 2.05) is 20.8 Å². The lowest BCUT2D eigenvalue weighted by Gasteiger charge is -2.15. The number of hydrogen-bond donors (Lipinski definition) is 2. The first-order chi connectivity index (χ1) is 12.6. The Balaban J connectivity index is 1.91. The number of hydrogen-bond acceptors (Lipinski definition) is 5. The number of aryl methyl sites for hydroxylation is 2. The van der Waals surface area contributed by atoms with E-state index < -0.39 is 23.7 Å². The summed E-state index contributed by atoms with van der Waals surface area (Å²) in [6, 6.07) is 2.73. The second kappa shape index (κ2) is 8.28. The summed E-state index contributed by atoms with van der Waals surface area (Å²) in [7, 11) is 0. The lowest BCUT2D eigenvalue weighted by Crippen LogP contribution is -2.33. The predicted octanol–water partition coefficient (Wildman–Crippen LogP) is 3.08. The van der Waals surface area contributed by atoms with E-state index in [-0.39, 0.29) is 11.8 Å². The zero-order valence-corrected chi connectivity index (χ0v) is 15.9. The molecule has 2 N–H and O–H groups in total. The average molecular weight is 377 g/mol. The van der Waals surface area contributed by atoms with Crippen molar-refractivity contribution in [3.8, 4) is 0 Å². The molecule has 0 saturated heterocycles. The maximum atomic E-state index is 13.4. The molecule has 0 bridgehead atoms. The van der Waals surface area contributed by atoms with Crippen LogP contribution in [-0.4, -0.2) is 27.1 Å². The van der Waals surface area contributed by atoms with E-state index in [1.54, 1.807) is 0 Å². The number of carbonyl (C=O) groups excluding carboxylic acids is 1. The van der Waals surface area contributed by atoms with Crippen molar-refractivity contribution < 1.29 is 23.6 Å². The molecule has 0 aliphatic rings. The first-order valence-electron chi connectivity index (χ1n) is 8.69. The van der Waals surface area contributed by atoms with Crippen LogP contribution in [0.3, 0.4) is 0 Å². The number of carbonyl (C=O) groups is 2. The highest BCUT2D eigenvalue weighted by atomic mass is 19.1. The van der Waals surface area contributed by atoms with Crippen molar-refractivity contribution in [3.63, 3.8) is 0 Å². The van der Waals surface area contributed by atoms with Crippen LogP contribution in [-0.2, 0) is 21.4 Å². The first kappa shape index (κ1) is 20.5. The topological polar surface area (TPSA) is 105 Å². The van der Waals surface area contributed by atoms with Crippen molar-refractivity contribution in [1.29, 1.82) is 0 Å². The summed E-state index contributed by atoms with van der Waals surface area (Å²) >= 11 is 0. The fraction of sp³-hybridized carbons (Fsp3) is 0.474. The quantitative estimate of drug-likeness (QED) is 0.768. The van der Waals surface area contributed by atoms with Crippen LogP contribution in [0.5, 0.6) is 0 Å². The van der Waals surface area contributed by atoms with Crippen molar-refractivity contribution in [2.24, 2.45) is 0 Å². The van der Waals surface area contributed by atoms with Gasteiger partial charge in [0.25, 0.3) is 0 Å². The number of benzene rings is 1. The van der Waals surface area contributed by atoms with Gasteiger partial charge in [-0.2, -0.15) is 4.98 Å². The van der Waals surface area contributed by atoms with Crippen molar-refractivity contribution in [3.05, 3.63) is 46.9 Å². The fourth-order valence-electron chi connectivity index (χ4n) is 2.43. The molecule has 7 nitrogen and oxygen atoms in total. The maximum Gasteiger partial charge on any atom is 0.330 e. The van der Waals surface area contributed by atoms with Crippen molar-refractivity contribution in [1.82, 2.24) is 15.5 Å². The van der Waals surface area contributed by atoms with Crippen LogP contribution in [0.25, 0.3) is 0 Å². The zero-order valence-electron chi connectivity index (χ0n) is 15.9. The van der Waals surface area contributed by atoms with Crippen LogP contribution in [0.15, 0.2) is 22.7 Å². The summed E-state index contributed by atoms with van der Waals surface area (Å²) in [6.45, 7) is 7.45. The Morgan fingerprint density at radius 2 is 2.04 bits per heavy atom. The molecule has 8 heteroatoms. The van der Waals surface area contributed by atoms with E-state index in [1.165, 1.54) is 25.1 Å². The maximum absolute atomic E-state index is 13.4. The summed E-state index contributed by atoms with van der Waals surface area (Å²) in [4.78, 5) is 27.9. The summed E-state index contributed by atoms with van der Waals surface area (Å²) in [5, 5.41) is 15.8.